The summed E-state index contributed by atoms with van der Waals surface area (Å²) in [6.07, 6.45) is 0. The van der Waals surface area contributed by atoms with Crippen LogP contribution in [-0.4, -0.2) is 0 Å². The predicted molar refractivity (Wildman–Crippen MR) is 312 cm³/mol. The van der Waals surface area contributed by atoms with Crippen LogP contribution in [0.4, 0.5) is 17.1 Å². The van der Waals surface area contributed by atoms with Gasteiger partial charge in [0, 0.05) is 17.1 Å². The van der Waals surface area contributed by atoms with Gasteiger partial charge in [0.1, 0.15) is 0 Å². The second kappa shape index (κ2) is 18.2. The van der Waals surface area contributed by atoms with Crippen LogP contribution in [0.2, 0.25) is 0 Å². The summed E-state index contributed by atoms with van der Waals surface area (Å²) < 4.78 is 0. The van der Waals surface area contributed by atoms with E-state index in [1.54, 1.807) is 0 Å². The second-order valence-corrected chi connectivity index (χ2v) is 19.9. The molecule has 0 saturated carbocycles. The van der Waals surface area contributed by atoms with Gasteiger partial charge in [0.2, 0.25) is 0 Å². The van der Waals surface area contributed by atoms with Crippen molar-refractivity contribution >= 4 is 17.1 Å². The minimum Gasteiger partial charge on any atom is -0.310 e. The third-order valence-corrected chi connectivity index (χ3v) is 16.0. The second-order valence-electron chi connectivity index (χ2n) is 19.9. The summed E-state index contributed by atoms with van der Waals surface area (Å²) in [5.41, 5.74) is 24.6. The van der Waals surface area contributed by atoms with Crippen molar-refractivity contribution in [1.29, 1.82) is 0 Å². The molecule has 352 valence electrons. The van der Waals surface area contributed by atoms with Crippen molar-refractivity contribution in [3.8, 4) is 55.6 Å². The number of benzene rings is 12. The molecule has 0 heterocycles. The lowest BCUT2D eigenvalue weighted by Gasteiger charge is -2.35. The fourth-order valence-electron chi connectivity index (χ4n) is 12.8. The van der Waals surface area contributed by atoms with Gasteiger partial charge >= 0.3 is 0 Å². The highest BCUT2D eigenvalue weighted by atomic mass is 15.1. The molecule has 0 bridgehead atoms. The first-order chi connectivity index (χ1) is 37.2. The first kappa shape index (κ1) is 44.2. The lowest BCUT2D eigenvalue weighted by atomic mass is 9.67. The third kappa shape index (κ3) is 7.08. The summed E-state index contributed by atoms with van der Waals surface area (Å²) in [4.78, 5) is 2.45. The number of anilines is 3. The minimum absolute atomic E-state index is 0.455. The first-order valence-corrected chi connectivity index (χ1v) is 26.1. The van der Waals surface area contributed by atoms with E-state index in [9.17, 15) is 0 Å². The zero-order valence-corrected chi connectivity index (χ0v) is 41.4. The van der Waals surface area contributed by atoms with Gasteiger partial charge in [0.25, 0.3) is 0 Å². The van der Waals surface area contributed by atoms with E-state index in [1.807, 2.05) is 0 Å². The lowest BCUT2D eigenvalue weighted by molar-refractivity contribution is 0.768. The van der Waals surface area contributed by atoms with Gasteiger partial charge in [-0.25, -0.2) is 0 Å². The topological polar surface area (TPSA) is 3.24 Å². The summed E-state index contributed by atoms with van der Waals surface area (Å²) in [5.74, 6) is 0. The average Bonchev–Trinajstić information content (AvgIpc) is 4.08. The van der Waals surface area contributed by atoms with Crippen LogP contribution < -0.4 is 4.90 Å². The van der Waals surface area contributed by atoms with Crippen molar-refractivity contribution in [3.63, 3.8) is 0 Å². The van der Waals surface area contributed by atoms with Crippen molar-refractivity contribution in [3.05, 3.63) is 354 Å². The van der Waals surface area contributed by atoms with E-state index in [1.165, 1.54) is 94.6 Å². The zero-order valence-electron chi connectivity index (χ0n) is 41.4. The zero-order chi connectivity index (χ0) is 49.8. The van der Waals surface area contributed by atoms with Crippen LogP contribution >= 0.6 is 0 Å². The summed E-state index contributed by atoms with van der Waals surface area (Å²) >= 11 is 0. The maximum atomic E-state index is 2.47. The van der Waals surface area contributed by atoms with Crippen LogP contribution in [0.5, 0.6) is 0 Å². The molecule has 0 radical (unpaired) electrons. The highest BCUT2D eigenvalue weighted by Gasteiger charge is 2.47. The maximum Gasteiger partial charge on any atom is 0.0714 e. The normalized spacial score (nSPS) is 13.3. The van der Waals surface area contributed by atoms with Crippen LogP contribution in [0.15, 0.2) is 309 Å². The Labute approximate surface area is 440 Å². The molecule has 14 rings (SSSR count). The molecule has 0 fully saturated rings. The van der Waals surface area contributed by atoms with E-state index >= 15 is 0 Å². The maximum absolute atomic E-state index is 2.47. The molecule has 2 aliphatic carbocycles. The summed E-state index contributed by atoms with van der Waals surface area (Å²) in [6.45, 7) is 0. The summed E-state index contributed by atoms with van der Waals surface area (Å²) in [6, 6.07) is 114. The van der Waals surface area contributed by atoms with Gasteiger partial charge < -0.3 is 4.90 Å². The van der Waals surface area contributed by atoms with Gasteiger partial charge in [-0.1, -0.05) is 267 Å². The number of nitrogens with zero attached hydrogens (tertiary/aromatic N) is 1. The Morgan fingerprint density at radius 1 is 0.187 bits per heavy atom. The molecule has 1 nitrogen and oxygen atoms in total. The Morgan fingerprint density at radius 2 is 0.533 bits per heavy atom. The molecule has 0 unspecified atom stereocenters. The number of fused-ring (bicyclic) bond motifs is 6. The monoisotopic (exact) mass is 953 g/mol. The smallest absolute Gasteiger partial charge is 0.0714 e. The molecular formula is C74H51N. The molecule has 0 saturated heterocycles. The van der Waals surface area contributed by atoms with Gasteiger partial charge in [0.05, 0.1) is 10.8 Å². The fourth-order valence-corrected chi connectivity index (χ4v) is 12.8. The highest BCUT2D eigenvalue weighted by Crippen LogP contribution is 2.59. The number of rotatable bonds is 10. The van der Waals surface area contributed by atoms with Crippen molar-refractivity contribution in [2.75, 3.05) is 4.90 Å². The average molecular weight is 954 g/mol. The SMILES string of the molecule is c1ccc(-c2ccc(-c3ccc(N(c4cccc(-c5ccc6c(c5)-c5ccccc5C6(c5ccccc5)c5ccccc5)c4)c4ccc5c(c4)C(c4ccccc4)(c4ccccc4)c4ccccc4-5)cc3)cc2)cc1. The molecular weight excluding hydrogens is 903 g/mol. The Hall–Kier alpha value is -9.56. The van der Waals surface area contributed by atoms with Crippen molar-refractivity contribution < 1.29 is 0 Å². The quantitative estimate of drug-likeness (QED) is 0.132. The van der Waals surface area contributed by atoms with Gasteiger partial charge in [0.15, 0.2) is 0 Å². The van der Waals surface area contributed by atoms with Gasteiger partial charge in [-0.3, -0.25) is 0 Å². The van der Waals surface area contributed by atoms with E-state index < -0.39 is 10.8 Å². The van der Waals surface area contributed by atoms with Crippen LogP contribution in [0.3, 0.4) is 0 Å². The molecule has 75 heavy (non-hydrogen) atoms. The van der Waals surface area contributed by atoms with E-state index in [2.05, 4.69) is 314 Å². The van der Waals surface area contributed by atoms with Crippen LogP contribution in [0.25, 0.3) is 55.6 Å². The van der Waals surface area contributed by atoms with Gasteiger partial charge in [-0.15, -0.1) is 0 Å². The van der Waals surface area contributed by atoms with Crippen molar-refractivity contribution in [1.82, 2.24) is 0 Å². The van der Waals surface area contributed by atoms with Crippen LogP contribution in [0.1, 0.15) is 44.5 Å². The molecule has 0 amide bonds. The van der Waals surface area contributed by atoms with Crippen LogP contribution in [0, 0.1) is 0 Å². The lowest BCUT2D eigenvalue weighted by Crippen LogP contribution is -2.28. The van der Waals surface area contributed by atoms with Crippen molar-refractivity contribution in [2.45, 2.75) is 10.8 Å². The molecule has 0 N–H and O–H groups in total. The number of hydrogen-bond acceptors (Lipinski definition) is 1. The van der Waals surface area contributed by atoms with E-state index in [4.69, 9.17) is 0 Å². The standard InChI is InChI=1S/C74H51N/c1-6-21-52(22-7-1)53-37-39-54(40-38-53)55-41-44-62(45-42-55)75(64-46-47-67-65-33-16-18-35-69(65)74(72(67)51-64,60-28-12-4-13-29-60)61-30-14-5-15-31-61)63-32-20-23-56(49-63)57-43-48-71-68(50-57)66-34-17-19-36-70(66)73(71,58-24-8-2-9-25-58)59-26-10-3-11-27-59/h1-51H. The molecule has 1 heteroatoms. The molecule has 0 atom stereocenters. The predicted octanol–water partition coefficient (Wildman–Crippen LogP) is 18.9. The molecule has 2 aliphatic rings. The molecule has 0 aliphatic heterocycles. The largest absolute Gasteiger partial charge is 0.310 e. The van der Waals surface area contributed by atoms with E-state index in [0.717, 1.165) is 22.6 Å². The molecule has 12 aromatic rings. The van der Waals surface area contributed by atoms with Gasteiger partial charge in [-0.2, -0.15) is 0 Å². The van der Waals surface area contributed by atoms with E-state index in [-0.39, 0.29) is 0 Å². The fraction of sp³-hybridized carbons (Fsp3) is 0.0270. The molecule has 0 aromatic heterocycles. The minimum atomic E-state index is -0.539. The Kier molecular flexibility index (Phi) is 10.7. The Bertz CT molecular complexity index is 3940. The Balaban J connectivity index is 0.934. The van der Waals surface area contributed by atoms with Gasteiger partial charge in [-0.05, 0) is 143 Å². The summed E-state index contributed by atoms with van der Waals surface area (Å²) in [5, 5.41) is 0. The molecule has 12 aromatic carbocycles. The third-order valence-electron chi connectivity index (χ3n) is 16.0. The Morgan fingerprint density at radius 3 is 1.07 bits per heavy atom. The summed E-state index contributed by atoms with van der Waals surface area (Å²) in [7, 11) is 0. The number of hydrogen-bond donors (Lipinski definition) is 0. The van der Waals surface area contributed by atoms with E-state index in [0.29, 0.717) is 0 Å². The highest BCUT2D eigenvalue weighted by molar-refractivity contribution is 5.92. The van der Waals surface area contributed by atoms with Crippen LogP contribution in [-0.2, 0) is 10.8 Å². The molecule has 0 spiro atoms. The first-order valence-electron chi connectivity index (χ1n) is 26.1. The van der Waals surface area contributed by atoms with Crippen molar-refractivity contribution in [2.24, 2.45) is 0 Å².